The smallest absolute Gasteiger partial charge is 0.137 e. The molecule has 1 aliphatic heterocycles. The normalized spacial score (nSPS) is 16.5. The van der Waals surface area contributed by atoms with E-state index in [4.69, 9.17) is 16.3 Å². The highest BCUT2D eigenvalue weighted by molar-refractivity contribution is 6.30. The fourth-order valence-electron chi connectivity index (χ4n) is 3.50. The number of halogens is 1. The van der Waals surface area contributed by atoms with E-state index >= 15 is 0 Å². The van der Waals surface area contributed by atoms with E-state index in [1.807, 2.05) is 37.3 Å². The molecule has 4 nitrogen and oxygen atoms in total. The maximum atomic E-state index is 10.4. The van der Waals surface area contributed by atoms with Gasteiger partial charge in [-0.3, -0.25) is 0 Å². The van der Waals surface area contributed by atoms with Gasteiger partial charge in [0.25, 0.3) is 0 Å². The van der Waals surface area contributed by atoms with Crippen molar-refractivity contribution in [2.45, 2.75) is 20.0 Å². The second-order valence-corrected chi connectivity index (χ2v) is 7.59. The van der Waals surface area contributed by atoms with Crippen molar-refractivity contribution in [2.24, 2.45) is 0 Å². The van der Waals surface area contributed by atoms with E-state index in [1.54, 1.807) is 0 Å². The number of aliphatic hydroxyl groups excluding tert-OH is 1. The molecule has 1 heterocycles. The van der Waals surface area contributed by atoms with Gasteiger partial charge in [0.1, 0.15) is 25.0 Å². The Bertz CT molecular complexity index is 730. The number of piperazine rings is 1. The molecular weight excluding hydrogens is 348 g/mol. The van der Waals surface area contributed by atoms with E-state index in [0.29, 0.717) is 13.2 Å². The molecule has 0 spiro atoms. The van der Waals surface area contributed by atoms with E-state index in [0.717, 1.165) is 42.5 Å². The van der Waals surface area contributed by atoms with Crippen LogP contribution in [0.25, 0.3) is 0 Å². The van der Waals surface area contributed by atoms with Crippen molar-refractivity contribution < 1.29 is 14.7 Å². The number of nitrogens with zero attached hydrogens (tertiary/aromatic N) is 1. The first kappa shape index (κ1) is 19.0. The van der Waals surface area contributed by atoms with Crippen LogP contribution in [0.2, 0.25) is 5.02 Å². The lowest BCUT2D eigenvalue weighted by Crippen LogP contribution is -3.16. The van der Waals surface area contributed by atoms with Gasteiger partial charge in [0.05, 0.1) is 26.2 Å². The number of aliphatic hydroxyl groups is 1. The lowest BCUT2D eigenvalue weighted by molar-refractivity contribution is -0.903. The standard InChI is InChI=1S/C21H27ClN2O2/c1-16-6-7-21(17(2)12-16)26-15-20(25)14-23-8-10-24(11-9-23)19-5-3-4-18(22)13-19/h3-7,12-13,20,25H,8-11,14-15H2,1-2H3/p+1/t20-/m1/s1. The van der Waals surface area contributed by atoms with Gasteiger partial charge >= 0.3 is 0 Å². The molecule has 1 saturated heterocycles. The van der Waals surface area contributed by atoms with Crippen molar-refractivity contribution in [1.29, 1.82) is 0 Å². The maximum Gasteiger partial charge on any atom is 0.137 e. The first-order valence-electron chi connectivity index (χ1n) is 9.23. The van der Waals surface area contributed by atoms with Gasteiger partial charge in [0.2, 0.25) is 0 Å². The highest BCUT2D eigenvalue weighted by Gasteiger charge is 2.23. The molecule has 5 heteroatoms. The van der Waals surface area contributed by atoms with E-state index in [2.05, 4.69) is 24.0 Å². The van der Waals surface area contributed by atoms with Gasteiger partial charge in [-0.2, -0.15) is 0 Å². The fraction of sp³-hybridized carbons (Fsp3) is 0.429. The molecule has 0 saturated carbocycles. The number of hydrogen-bond donors (Lipinski definition) is 2. The molecule has 2 N–H and O–H groups in total. The zero-order chi connectivity index (χ0) is 18.5. The third-order valence-corrected chi connectivity index (χ3v) is 5.16. The van der Waals surface area contributed by atoms with Crippen LogP contribution in [0.15, 0.2) is 42.5 Å². The Morgan fingerprint density at radius 1 is 1.15 bits per heavy atom. The molecule has 1 fully saturated rings. The molecule has 0 radical (unpaired) electrons. The topological polar surface area (TPSA) is 37.1 Å². The summed E-state index contributed by atoms with van der Waals surface area (Å²) in [6.45, 7) is 9.12. The van der Waals surface area contributed by atoms with Crippen LogP contribution < -0.4 is 14.5 Å². The molecular formula is C21H28ClN2O2+. The Morgan fingerprint density at radius 3 is 2.62 bits per heavy atom. The molecule has 0 unspecified atom stereocenters. The van der Waals surface area contributed by atoms with Gasteiger partial charge in [-0.15, -0.1) is 0 Å². The van der Waals surface area contributed by atoms with Gasteiger partial charge in [-0.1, -0.05) is 35.4 Å². The first-order valence-corrected chi connectivity index (χ1v) is 9.61. The van der Waals surface area contributed by atoms with Crippen LogP contribution >= 0.6 is 11.6 Å². The zero-order valence-corrected chi connectivity index (χ0v) is 16.3. The number of anilines is 1. The summed E-state index contributed by atoms with van der Waals surface area (Å²) in [7, 11) is 0. The van der Waals surface area contributed by atoms with E-state index < -0.39 is 6.10 Å². The van der Waals surface area contributed by atoms with Crippen LogP contribution in [0.3, 0.4) is 0 Å². The minimum absolute atomic E-state index is 0.339. The number of rotatable bonds is 6. The summed E-state index contributed by atoms with van der Waals surface area (Å²) in [4.78, 5) is 3.77. The third kappa shape index (κ3) is 5.13. The van der Waals surface area contributed by atoms with Crippen LogP contribution in [-0.4, -0.2) is 50.5 Å². The second-order valence-electron chi connectivity index (χ2n) is 7.15. The van der Waals surface area contributed by atoms with Crippen LogP contribution in [0, 0.1) is 13.8 Å². The summed E-state index contributed by atoms with van der Waals surface area (Å²) < 4.78 is 5.81. The van der Waals surface area contributed by atoms with E-state index in [-0.39, 0.29) is 0 Å². The predicted octanol–water partition coefficient (Wildman–Crippen LogP) is 2.10. The summed E-state index contributed by atoms with van der Waals surface area (Å²) in [6.07, 6.45) is -0.455. The molecule has 2 aromatic carbocycles. The molecule has 3 rings (SSSR count). The highest BCUT2D eigenvalue weighted by Crippen LogP contribution is 2.20. The number of nitrogens with one attached hydrogen (secondary N) is 1. The summed E-state index contributed by atoms with van der Waals surface area (Å²) in [5.74, 6) is 0.857. The fourth-order valence-corrected chi connectivity index (χ4v) is 3.68. The molecule has 1 atom stereocenters. The Labute approximate surface area is 160 Å². The average Bonchev–Trinajstić information content (AvgIpc) is 2.61. The maximum absolute atomic E-state index is 10.4. The molecule has 26 heavy (non-hydrogen) atoms. The summed E-state index contributed by atoms with van der Waals surface area (Å²) >= 11 is 6.09. The lowest BCUT2D eigenvalue weighted by Gasteiger charge is -2.34. The van der Waals surface area contributed by atoms with Crippen molar-refractivity contribution in [3.05, 3.63) is 58.6 Å². The van der Waals surface area contributed by atoms with Crippen molar-refractivity contribution in [3.8, 4) is 5.75 Å². The Balaban J connectivity index is 1.44. The predicted molar refractivity (Wildman–Crippen MR) is 107 cm³/mol. The number of aryl methyl sites for hydroxylation is 2. The summed E-state index contributed by atoms with van der Waals surface area (Å²) in [5, 5.41) is 11.1. The summed E-state index contributed by atoms with van der Waals surface area (Å²) in [5.41, 5.74) is 3.51. The SMILES string of the molecule is Cc1ccc(OC[C@H](O)C[NH+]2CCN(c3cccc(Cl)c3)CC2)c(C)c1. The highest BCUT2D eigenvalue weighted by atomic mass is 35.5. The third-order valence-electron chi connectivity index (χ3n) is 4.93. The van der Waals surface area contributed by atoms with Crippen LogP contribution in [0.4, 0.5) is 5.69 Å². The first-order chi connectivity index (χ1) is 12.5. The molecule has 0 aliphatic carbocycles. The quantitative estimate of drug-likeness (QED) is 0.812. The zero-order valence-electron chi connectivity index (χ0n) is 15.5. The monoisotopic (exact) mass is 375 g/mol. The lowest BCUT2D eigenvalue weighted by atomic mass is 10.1. The molecule has 0 aromatic heterocycles. The Kier molecular flexibility index (Phi) is 6.41. The van der Waals surface area contributed by atoms with Crippen molar-refractivity contribution in [3.63, 3.8) is 0 Å². The van der Waals surface area contributed by atoms with Gasteiger partial charge in [-0.05, 0) is 43.7 Å². The van der Waals surface area contributed by atoms with Crippen LogP contribution in [0.5, 0.6) is 5.75 Å². The molecule has 0 bridgehead atoms. The van der Waals surface area contributed by atoms with E-state index in [1.165, 1.54) is 16.2 Å². The molecule has 1 aliphatic rings. The van der Waals surface area contributed by atoms with Gasteiger partial charge < -0.3 is 19.6 Å². The van der Waals surface area contributed by atoms with E-state index in [9.17, 15) is 5.11 Å². The number of ether oxygens (including phenoxy) is 1. The minimum Gasteiger partial charge on any atom is -0.490 e. The van der Waals surface area contributed by atoms with Gasteiger partial charge in [0.15, 0.2) is 0 Å². The van der Waals surface area contributed by atoms with Gasteiger partial charge in [-0.25, -0.2) is 0 Å². The van der Waals surface area contributed by atoms with Gasteiger partial charge in [0, 0.05) is 10.7 Å². The number of hydrogen-bond acceptors (Lipinski definition) is 3. The number of benzene rings is 2. The second kappa shape index (κ2) is 8.76. The van der Waals surface area contributed by atoms with Crippen molar-refractivity contribution in [2.75, 3.05) is 44.2 Å². The summed E-state index contributed by atoms with van der Waals surface area (Å²) in [6, 6.07) is 14.1. The number of quaternary nitrogens is 1. The van der Waals surface area contributed by atoms with Crippen LogP contribution in [0.1, 0.15) is 11.1 Å². The molecule has 0 amide bonds. The largest absolute Gasteiger partial charge is 0.490 e. The van der Waals surface area contributed by atoms with Crippen LogP contribution in [-0.2, 0) is 0 Å². The van der Waals surface area contributed by atoms with Crippen molar-refractivity contribution in [1.82, 2.24) is 0 Å². The minimum atomic E-state index is -0.455. The van der Waals surface area contributed by atoms with Crippen molar-refractivity contribution >= 4 is 17.3 Å². The Morgan fingerprint density at radius 2 is 1.92 bits per heavy atom. The average molecular weight is 376 g/mol. The molecule has 140 valence electrons. The Hall–Kier alpha value is -1.75. The molecule has 2 aromatic rings.